The lowest BCUT2D eigenvalue weighted by Gasteiger charge is -2.61. The van der Waals surface area contributed by atoms with Crippen molar-refractivity contribution < 1.29 is 19.7 Å². The van der Waals surface area contributed by atoms with Crippen LogP contribution in [0, 0.1) is 29.1 Å². The third kappa shape index (κ3) is 2.25. The van der Waals surface area contributed by atoms with E-state index < -0.39 is 0 Å². The summed E-state index contributed by atoms with van der Waals surface area (Å²) in [4.78, 5) is 12.1. The molecule has 0 bridgehead atoms. The van der Waals surface area contributed by atoms with Crippen molar-refractivity contribution in [3.05, 3.63) is 11.8 Å². The molecule has 3 saturated carbocycles. The number of ether oxygens (including phenoxy) is 1. The summed E-state index contributed by atoms with van der Waals surface area (Å²) in [5.74, 6) is 1.82. The maximum atomic E-state index is 12.1. The van der Waals surface area contributed by atoms with Gasteiger partial charge in [-0.2, -0.15) is 0 Å². The van der Waals surface area contributed by atoms with Gasteiger partial charge in [0.2, 0.25) is 0 Å². The molecule has 0 amide bonds. The number of hydrogen-bond acceptors (Lipinski definition) is 4. The Kier molecular flexibility index (Phi) is 3.76. The van der Waals surface area contributed by atoms with E-state index in [0.29, 0.717) is 41.1 Å². The van der Waals surface area contributed by atoms with Crippen molar-refractivity contribution in [3.8, 4) is 0 Å². The molecular formula is C20H30O4. The van der Waals surface area contributed by atoms with Gasteiger partial charge in [0, 0.05) is 5.92 Å². The zero-order valence-electron chi connectivity index (χ0n) is 14.8. The summed E-state index contributed by atoms with van der Waals surface area (Å²) in [7, 11) is 0. The molecule has 0 unspecified atom stereocenters. The fourth-order valence-corrected chi connectivity index (χ4v) is 6.72. The number of esters is 1. The third-order valence-corrected chi connectivity index (χ3v) is 8.15. The van der Waals surface area contributed by atoms with Gasteiger partial charge in [0.15, 0.2) is 0 Å². The summed E-state index contributed by atoms with van der Waals surface area (Å²) < 4.78 is 5.81. The molecule has 1 saturated heterocycles. The first kappa shape index (κ1) is 16.4. The van der Waals surface area contributed by atoms with Gasteiger partial charge in [0.05, 0.1) is 17.9 Å². The first-order valence-electron chi connectivity index (χ1n) is 9.62. The van der Waals surface area contributed by atoms with Crippen LogP contribution < -0.4 is 0 Å². The molecule has 4 aliphatic rings. The summed E-state index contributed by atoms with van der Waals surface area (Å²) >= 11 is 0. The normalized spacial score (nSPS) is 52.9. The van der Waals surface area contributed by atoms with E-state index in [1.54, 1.807) is 0 Å². The Morgan fingerprint density at radius 3 is 2.67 bits per heavy atom. The van der Waals surface area contributed by atoms with Crippen LogP contribution in [0.2, 0.25) is 0 Å². The molecule has 134 valence electrons. The van der Waals surface area contributed by atoms with Gasteiger partial charge in [-0.15, -0.1) is 0 Å². The van der Waals surface area contributed by atoms with E-state index in [-0.39, 0.29) is 17.7 Å². The molecule has 2 N–H and O–H groups in total. The van der Waals surface area contributed by atoms with Crippen LogP contribution in [-0.4, -0.2) is 27.9 Å². The van der Waals surface area contributed by atoms with Crippen molar-refractivity contribution in [1.29, 1.82) is 0 Å². The fraction of sp³-hybridized carbons (Fsp3) is 0.850. The van der Waals surface area contributed by atoms with Crippen molar-refractivity contribution in [3.63, 3.8) is 0 Å². The number of fused-ring (bicyclic) bond motifs is 5. The summed E-state index contributed by atoms with van der Waals surface area (Å²) in [5.41, 5.74) is 0.375. The molecule has 4 nitrogen and oxygen atoms in total. The van der Waals surface area contributed by atoms with Gasteiger partial charge in [-0.05, 0) is 81.5 Å². The van der Waals surface area contributed by atoms with E-state index in [9.17, 15) is 15.0 Å². The molecule has 1 aliphatic heterocycles. The number of carbonyl (C=O) groups is 1. The first-order chi connectivity index (χ1) is 11.4. The molecule has 0 aromatic heterocycles. The number of aliphatic hydroxyl groups excluding tert-OH is 2. The third-order valence-electron chi connectivity index (χ3n) is 8.15. The summed E-state index contributed by atoms with van der Waals surface area (Å²) in [5, 5.41) is 19.5. The smallest absolute Gasteiger partial charge is 0.337 e. The Bertz CT molecular complexity index is 570. The van der Waals surface area contributed by atoms with Crippen molar-refractivity contribution in [2.45, 2.75) is 76.9 Å². The lowest BCUT2D eigenvalue weighted by atomic mass is 9.45. The van der Waals surface area contributed by atoms with Crippen molar-refractivity contribution in [2.75, 3.05) is 0 Å². The molecule has 3 aliphatic carbocycles. The summed E-state index contributed by atoms with van der Waals surface area (Å²) in [6.45, 7) is 4.54. The van der Waals surface area contributed by atoms with Crippen LogP contribution in [0.15, 0.2) is 11.8 Å². The highest BCUT2D eigenvalue weighted by molar-refractivity contribution is 5.89. The number of rotatable bonds is 0. The monoisotopic (exact) mass is 334 g/mol. The minimum absolute atomic E-state index is 0.118. The Labute approximate surface area is 144 Å². The second-order valence-electron chi connectivity index (χ2n) is 9.18. The average molecular weight is 334 g/mol. The van der Waals surface area contributed by atoms with Crippen LogP contribution in [-0.2, 0) is 9.53 Å². The second-order valence-corrected chi connectivity index (χ2v) is 9.18. The van der Waals surface area contributed by atoms with Gasteiger partial charge in [-0.1, -0.05) is 6.92 Å². The maximum Gasteiger partial charge on any atom is 0.337 e. The van der Waals surface area contributed by atoms with E-state index in [0.717, 1.165) is 44.8 Å². The molecule has 4 heteroatoms. The Morgan fingerprint density at radius 2 is 1.92 bits per heavy atom. The van der Waals surface area contributed by atoms with Crippen molar-refractivity contribution in [1.82, 2.24) is 0 Å². The van der Waals surface area contributed by atoms with Crippen LogP contribution in [0.5, 0.6) is 0 Å². The summed E-state index contributed by atoms with van der Waals surface area (Å²) in [6, 6.07) is 0. The highest BCUT2D eigenvalue weighted by Gasteiger charge is 2.59. The number of hydrogen-bond donors (Lipinski definition) is 2. The first-order valence-corrected chi connectivity index (χ1v) is 9.62. The van der Waals surface area contributed by atoms with E-state index in [1.807, 2.05) is 0 Å². The molecule has 4 fully saturated rings. The topological polar surface area (TPSA) is 66.8 Å². The Hall–Kier alpha value is -1.03. The molecule has 0 aromatic carbocycles. The van der Waals surface area contributed by atoms with E-state index in [1.165, 1.54) is 6.42 Å². The van der Waals surface area contributed by atoms with E-state index in [4.69, 9.17) is 4.74 Å². The molecule has 1 heterocycles. The lowest BCUT2D eigenvalue weighted by Crippen LogP contribution is -2.58. The van der Waals surface area contributed by atoms with Gasteiger partial charge >= 0.3 is 5.97 Å². The van der Waals surface area contributed by atoms with Crippen LogP contribution in [0.1, 0.15) is 65.2 Å². The van der Waals surface area contributed by atoms with Gasteiger partial charge in [-0.3, -0.25) is 0 Å². The zero-order valence-corrected chi connectivity index (χ0v) is 14.8. The van der Waals surface area contributed by atoms with Crippen molar-refractivity contribution >= 4 is 5.97 Å². The van der Waals surface area contributed by atoms with Gasteiger partial charge in [0.25, 0.3) is 0 Å². The highest BCUT2D eigenvalue weighted by atomic mass is 16.6. The molecule has 0 aromatic rings. The minimum Gasteiger partial charge on any atom is -0.515 e. The van der Waals surface area contributed by atoms with Crippen LogP contribution in [0.25, 0.3) is 0 Å². The molecule has 0 spiro atoms. The minimum atomic E-state index is -0.373. The molecule has 0 radical (unpaired) electrons. The highest BCUT2D eigenvalue weighted by Crippen LogP contribution is 2.63. The van der Waals surface area contributed by atoms with Crippen LogP contribution in [0.3, 0.4) is 0 Å². The van der Waals surface area contributed by atoms with Crippen LogP contribution in [0.4, 0.5) is 0 Å². The number of aliphatic hydroxyl groups is 2. The Balaban J connectivity index is 1.64. The fourth-order valence-electron chi connectivity index (χ4n) is 6.72. The molecule has 24 heavy (non-hydrogen) atoms. The van der Waals surface area contributed by atoms with Gasteiger partial charge in [-0.25, -0.2) is 4.79 Å². The van der Waals surface area contributed by atoms with Crippen molar-refractivity contribution in [2.24, 2.45) is 29.1 Å². The van der Waals surface area contributed by atoms with Gasteiger partial charge in [0.1, 0.15) is 5.60 Å². The zero-order chi connectivity index (χ0) is 17.1. The maximum absolute atomic E-state index is 12.1. The van der Waals surface area contributed by atoms with E-state index >= 15 is 0 Å². The summed E-state index contributed by atoms with van der Waals surface area (Å²) in [6.07, 6.45) is 8.86. The average Bonchev–Trinajstić information content (AvgIpc) is 2.54. The lowest BCUT2D eigenvalue weighted by molar-refractivity contribution is -0.196. The molecular weight excluding hydrogens is 304 g/mol. The SMILES string of the molecule is C[C@@]12CC[C@H](O)C[C@@H]1CC[C@H]1[C@H]3C/C(=C\O)C(=O)O[C@]3(C)CC[C@@H]12. The predicted molar refractivity (Wildman–Crippen MR) is 90.2 cm³/mol. The predicted octanol–water partition coefficient (Wildman–Crippen LogP) is 3.74. The molecule has 4 rings (SSSR count). The largest absolute Gasteiger partial charge is 0.515 e. The number of carbonyl (C=O) groups excluding carboxylic acids is 1. The van der Waals surface area contributed by atoms with Gasteiger partial charge < -0.3 is 14.9 Å². The second kappa shape index (κ2) is 5.48. The van der Waals surface area contributed by atoms with E-state index in [2.05, 4.69) is 13.8 Å². The standard InChI is InChI=1S/C20H30O4/c1-19-7-5-14(22)10-13(19)3-4-15-16(19)6-8-20(2)17(15)9-12(11-21)18(23)24-20/h11,13-17,21-22H,3-10H2,1-2H3/b12-11+/t13-,14-,15+,16-,17+,19+,20+/m0/s1. The Morgan fingerprint density at radius 1 is 1.12 bits per heavy atom. The molecule has 7 atom stereocenters. The van der Waals surface area contributed by atoms with Crippen LogP contribution >= 0.6 is 0 Å². The quantitative estimate of drug-likeness (QED) is 0.402.